The highest BCUT2D eigenvalue weighted by Crippen LogP contribution is 2.29. The molecule has 1 aromatic carbocycles. The van der Waals surface area contributed by atoms with Crippen molar-refractivity contribution in [3.05, 3.63) is 23.8 Å². The van der Waals surface area contributed by atoms with Crippen molar-refractivity contribution in [1.82, 2.24) is 4.72 Å². The second kappa shape index (κ2) is 4.93. The molecule has 6 heteroatoms. The molecule has 0 spiro atoms. The third-order valence-corrected chi connectivity index (χ3v) is 3.83. The molecule has 94 valence electrons. The Bertz CT molecular complexity index is 499. The lowest BCUT2D eigenvalue weighted by atomic mass is 10.0. The van der Waals surface area contributed by atoms with E-state index in [4.69, 9.17) is 0 Å². The second-order valence-electron chi connectivity index (χ2n) is 3.97. The molecular weight excluding hydrogens is 238 g/mol. The Morgan fingerprint density at radius 1 is 1.41 bits per heavy atom. The summed E-state index contributed by atoms with van der Waals surface area (Å²) in [5.41, 5.74) is 2.73. The van der Waals surface area contributed by atoms with Crippen molar-refractivity contribution < 1.29 is 8.42 Å². The summed E-state index contributed by atoms with van der Waals surface area (Å²) >= 11 is 0. The van der Waals surface area contributed by atoms with Crippen LogP contribution in [0.4, 0.5) is 11.4 Å². The Balaban J connectivity index is 2.27. The Kier molecular flexibility index (Phi) is 3.54. The van der Waals surface area contributed by atoms with Gasteiger partial charge in [-0.05, 0) is 30.5 Å². The molecule has 17 heavy (non-hydrogen) atoms. The number of nitrogens with one attached hydrogen (secondary N) is 3. The van der Waals surface area contributed by atoms with Gasteiger partial charge in [-0.3, -0.25) is 4.72 Å². The summed E-state index contributed by atoms with van der Waals surface area (Å²) in [5.74, 6) is 0. The van der Waals surface area contributed by atoms with E-state index in [2.05, 4.69) is 14.8 Å². The maximum absolute atomic E-state index is 11.6. The fourth-order valence-electron chi connectivity index (χ4n) is 1.98. The Labute approximate surface area is 102 Å². The number of anilines is 2. The molecular formula is C11H17N3O2S. The first-order valence-corrected chi connectivity index (χ1v) is 7.24. The number of hydrogen-bond donors (Lipinski definition) is 3. The van der Waals surface area contributed by atoms with Crippen LogP contribution in [0, 0.1) is 0 Å². The molecule has 0 bridgehead atoms. The summed E-state index contributed by atoms with van der Waals surface area (Å²) in [6, 6.07) is 5.61. The first kappa shape index (κ1) is 12.2. The third-order valence-electron chi connectivity index (χ3n) is 2.67. The van der Waals surface area contributed by atoms with E-state index in [1.54, 1.807) is 13.0 Å². The molecule has 1 aliphatic heterocycles. The van der Waals surface area contributed by atoms with E-state index in [1.165, 1.54) is 0 Å². The molecule has 0 atom stereocenters. The summed E-state index contributed by atoms with van der Waals surface area (Å²) in [4.78, 5) is 0. The molecule has 2 rings (SSSR count). The molecule has 0 aromatic heterocycles. The molecule has 0 fully saturated rings. The molecule has 5 nitrogen and oxygen atoms in total. The normalized spacial score (nSPS) is 14.9. The summed E-state index contributed by atoms with van der Waals surface area (Å²) in [6.45, 7) is 3.07. The van der Waals surface area contributed by atoms with E-state index in [-0.39, 0.29) is 0 Å². The van der Waals surface area contributed by atoms with Crippen LogP contribution >= 0.6 is 0 Å². The molecule has 0 amide bonds. The van der Waals surface area contributed by atoms with Gasteiger partial charge >= 0.3 is 0 Å². The van der Waals surface area contributed by atoms with Crippen molar-refractivity contribution in [1.29, 1.82) is 0 Å². The average Bonchev–Trinajstić information content (AvgIpc) is 2.29. The standard InChI is InChI=1S/C11H17N3O2S/c1-2-13-17(15,16)14-11-7-3-6-10-9(11)5-4-8-12-10/h3,6-7,12-14H,2,4-5,8H2,1H3. The maximum Gasteiger partial charge on any atom is 0.299 e. The van der Waals surface area contributed by atoms with Crippen LogP contribution in [0.5, 0.6) is 0 Å². The van der Waals surface area contributed by atoms with Gasteiger partial charge in [-0.1, -0.05) is 13.0 Å². The average molecular weight is 255 g/mol. The van der Waals surface area contributed by atoms with Gasteiger partial charge in [0.15, 0.2) is 0 Å². The topological polar surface area (TPSA) is 70.2 Å². The van der Waals surface area contributed by atoms with E-state index in [0.717, 1.165) is 30.6 Å². The highest BCUT2D eigenvalue weighted by molar-refractivity contribution is 7.90. The minimum absolute atomic E-state index is 0.378. The van der Waals surface area contributed by atoms with E-state index in [1.807, 2.05) is 12.1 Å². The summed E-state index contributed by atoms with van der Waals surface area (Å²) in [7, 11) is -3.45. The van der Waals surface area contributed by atoms with Gasteiger partial charge in [0, 0.05) is 18.8 Å². The van der Waals surface area contributed by atoms with Gasteiger partial charge in [-0.15, -0.1) is 0 Å². The predicted octanol–water partition coefficient (Wildman–Crippen LogP) is 1.31. The zero-order valence-corrected chi connectivity index (χ0v) is 10.6. The van der Waals surface area contributed by atoms with Crippen LogP contribution in [0.3, 0.4) is 0 Å². The lowest BCUT2D eigenvalue weighted by molar-refractivity contribution is 0.589. The number of rotatable bonds is 4. The minimum atomic E-state index is -3.45. The van der Waals surface area contributed by atoms with Crippen LogP contribution in [-0.4, -0.2) is 21.5 Å². The highest BCUT2D eigenvalue weighted by atomic mass is 32.2. The van der Waals surface area contributed by atoms with E-state index in [0.29, 0.717) is 12.2 Å². The quantitative estimate of drug-likeness (QED) is 0.759. The number of hydrogen-bond acceptors (Lipinski definition) is 3. The zero-order chi connectivity index (χ0) is 12.3. The van der Waals surface area contributed by atoms with Crippen molar-refractivity contribution in [2.45, 2.75) is 19.8 Å². The first-order valence-electron chi connectivity index (χ1n) is 5.75. The van der Waals surface area contributed by atoms with Gasteiger partial charge in [0.05, 0.1) is 5.69 Å². The lowest BCUT2D eigenvalue weighted by Gasteiger charge is -2.21. The van der Waals surface area contributed by atoms with Crippen LogP contribution < -0.4 is 14.8 Å². The fraction of sp³-hybridized carbons (Fsp3) is 0.455. The molecule has 1 aromatic rings. The predicted molar refractivity (Wildman–Crippen MR) is 69.5 cm³/mol. The van der Waals surface area contributed by atoms with Crippen molar-refractivity contribution in [3.8, 4) is 0 Å². The minimum Gasteiger partial charge on any atom is -0.385 e. The van der Waals surface area contributed by atoms with Gasteiger partial charge in [0.2, 0.25) is 0 Å². The molecule has 0 saturated carbocycles. The van der Waals surface area contributed by atoms with Crippen molar-refractivity contribution >= 4 is 21.6 Å². The molecule has 1 heterocycles. The number of fused-ring (bicyclic) bond motifs is 1. The fourth-order valence-corrected chi connectivity index (χ4v) is 2.91. The molecule has 0 unspecified atom stereocenters. The summed E-state index contributed by atoms with van der Waals surface area (Å²) < 4.78 is 28.3. The smallest absolute Gasteiger partial charge is 0.299 e. The van der Waals surface area contributed by atoms with Crippen LogP contribution in [0.25, 0.3) is 0 Å². The SMILES string of the molecule is CCNS(=O)(=O)Nc1cccc2c1CCCN2. The van der Waals surface area contributed by atoms with Crippen LogP contribution in [0.1, 0.15) is 18.9 Å². The third kappa shape index (κ3) is 2.89. The van der Waals surface area contributed by atoms with Crippen molar-refractivity contribution in [2.24, 2.45) is 0 Å². The second-order valence-corrected chi connectivity index (χ2v) is 5.47. The van der Waals surface area contributed by atoms with Gasteiger partial charge in [-0.2, -0.15) is 13.1 Å². The Morgan fingerprint density at radius 3 is 3.00 bits per heavy atom. The molecule has 0 saturated heterocycles. The molecule has 0 aliphatic carbocycles. The van der Waals surface area contributed by atoms with E-state index >= 15 is 0 Å². The van der Waals surface area contributed by atoms with Crippen molar-refractivity contribution in [2.75, 3.05) is 23.1 Å². The lowest BCUT2D eigenvalue weighted by Crippen LogP contribution is -2.30. The van der Waals surface area contributed by atoms with Crippen LogP contribution in [0.15, 0.2) is 18.2 Å². The van der Waals surface area contributed by atoms with Crippen molar-refractivity contribution in [3.63, 3.8) is 0 Å². The largest absolute Gasteiger partial charge is 0.385 e. The van der Waals surface area contributed by atoms with Gasteiger partial charge in [0.25, 0.3) is 10.2 Å². The van der Waals surface area contributed by atoms with Crippen LogP contribution in [-0.2, 0) is 16.6 Å². The molecule has 3 N–H and O–H groups in total. The van der Waals surface area contributed by atoms with E-state index in [9.17, 15) is 8.42 Å². The van der Waals surface area contributed by atoms with Gasteiger partial charge in [-0.25, -0.2) is 0 Å². The van der Waals surface area contributed by atoms with Crippen LogP contribution in [0.2, 0.25) is 0 Å². The summed E-state index contributed by atoms with van der Waals surface area (Å²) in [6.07, 6.45) is 1.92. The van der Waals surface area contributed by atoms with Gasteiger partial charge < -0.3 is 5.32 Å². The van der Waals surface area contributed by atoms with E-state index < -0.39 is 10.2 Å². The molecule has 1 aliphatic rings. The number of benzene rings is 1. The zero-order valence-electron chi connectivity index (χ0n) is 9.79. The summed E-state index contributed by atoms with van der Waals surface area (Å²) in [5, 5.41) is 3.27. The van der Waals surface area contributed by atoms with Gasteiger partial charge in [0.1, 0.15) is 0 Å². The monoisotopic (exact) mass is 255 g/mol. The Hall–Kier alpha value is -1.27. The first-order chi connectivity index (χ1) is 8.12. The highest BCUT2D eigenvalue weighted by Gasteiger charge is 2.16. The Morgan fingerprint density at radius 2 is 2.24 bits per heavy atom. The molecule has 0 radical (unpaired) electrons. The maximum atomic E-state index is 11.6.